The van der Waals surface area contributed by atoms with Crippen LogP contribution in [0.15, 0.2) is 29.2 Å². The van der Waals surface area contributed by atoms with Crippen LogP contribution in [0.4, 0.5) is 18.9 Å². The Bertz CT molecular complexity index is 535. The molecule has 0 aliphatic rings. The fraction of sp³-hybridized carbons (Fsp3) is 0.455. The zero-order valence-electron chi connectivity index (χ0n) is 10.3. The molecule has 0 atom stereocenters. The molecule has 0 unspecified atom stereocenters. The lowest BCUT2D eigenvalue weighted by atomic mass is 10.1. The summed E-state index contributed by atoms with van der Waals surface area (Å²) in [7, 11) is -5.32. The molecule has 0 aliphatic heterocycles. The summed E-state index contributed by atoms with van der Waals surface area (Å²) in [5.74, 6) is 0. The minimum absolute atomic E-state index is 0.185. The van der Waals surface area contributed by atoms with Crippen molar-refractivity contribution in [2.24, 2.45) is 0 Å². The van der Waals surface area contributed by atoms with Gasteiger partial charge in [0, 0.05) is 5.69 Å². The highest BCUT2D eigenvalue weighted by Crippen LogP contribution is 2.30. The lowest BCUT2D eigenvalue weighted by molar-refractivity contribution is -0.0436. The standard InChI is InChI=1S/C11H14F3NO3S/c1-10(2,7-16)15-8-3-5-9(6-4-8)19(17,18)11(12,13)14/h3-6,15-16H,7H2,1-2H3. The zero-order valence-corrected chi connectivity index (χ0v) is 11.1. The Kier molecular flexibility index (Phi) is 4.16. The summed E-state index contributed by atoms with van der Waals surface area (Å²) >= 11 is 0. The Balaban J connectivity index is 3.02. The van der Waals surface area contributed by atoms with E-state index in [0.29, 0.717) is 5.69 Å². The van der Waals surface area contributed by atoms with E-state index in [0.717, 1.165) is 12.1 Å². The highest BCUT2D eigenvalue weighted by molar-refractivity contribution is 7.92. The van der Waals surface area contributed by atoms with Crippen LogP contribution in [0.1, 0.15) is 13.8 Å². The van der Waals surface area contributed by atoms with Crippen molar-refractivity contribution in [2.75, 3.05) is 11.9 Å². The second-order valence-electron chi connectivity index (χ2n) is 4.64. The Morgan fingerprint density at radius 2 is 1.63 bits per heavy atom. The molecule has 2 N–H and O–H groups in total. The van der Waals surface area contributed by atoms with Crippen LogP contribution in [0.25, 0.3) is 0 Å². The molecule has 8 heteroatoms. The van der Waals surface area contributed by atoms with E-state index in [1.807, 2.05) is 0 Å². The number of nitrogens with one attached hydrogen (secondary N) is 1. The molecule has 1 aromatic rings. The van der Waals surface area contributed by atoms with Crippen molar-refractivity contribution in [3.8, 4) is 0 Å². The van der Waals surface area contributed by atoms with Crippen LogP contribution in [0.3, 0.4) is 0 Å². The number of hydrogen-bond donors (Lipinski definition) is 2. The summed E-state index contributed by atoms with van der Waals surface area (Å²) in [4.78, 5) is -0.813. The smallest absolute Gasteiger partial charge is 0.394 e. The summed E-state index contributed by atoms with van der Waals surface area (Å²) < 4.78 is 59.2. The van der Waals surface area contributed by atoms with Crippen LogP contribution >= 0.6 is 0 Å². The van der Waals surface area contributed by atoms with Gasteiger partial charge in [-0.2, -0.15) is 13.2 Å². The molecule has 1 aromatic carbocycles. The quantitative estimate of drug-likeness (QED) is 0.894. The summed E-state index contributed by atoms with van der Waals surface area (Å²) in [6, 6.07) is 4.18. The number of benzene rings is 1. The van der Waals surface area contributed by atoms with Gasteiger partial charge in [0.1, 0.15) is 0 Å². The Morgan fingerprint density at radius 3 is 2.00 bits per heavy atom. The van der Waals surface area contributed by atoms with Crippen molar-refractivity contribution in [1.29, 1.82) is 0 Å². The van der Waals surface area contributed by atoms with Crippen LogP contribution in [-0.4, -0.2) is 31.2 Å². The molecule has 0 saturated carbocycles. The van der Waals surface area contributed by atoms with Crippen molar-refractivity contribution in [1.82, 2.24) is 0 Å². The predicted octanol–water partition coefficient (Wildman–Crippen LogP) is 2.16. The van der Waals surface area contributed by atoms with E-state index in [1.54, 1.807) is 13.8 Å². The van der Waals surface area contributed by atoms with E-state index in [4.69, 9.17) is 5.11 Å². The maximum Gasteiger partial charge on any atom is 0.501 e. The SMILES string of the molecule is CC(C)(CO)Nc1ccc(S(=O)(=O)C(F)(F)F)cc1. The topological polar surface area (TPSA) is 66.4 Å². The average Bonchev–Trinajstić information content (AvgIpc) is 2.28. The maximum atomic E-state index is 12.3. The van der Waals surface area contributed by atoms with Crippen LogP contribution in [0.2, 0.25) is 0 Å². The van der Waals surface area contributed by atoms with Gasteiger partial charge < -0.3 is 10.4 Å². The van der Waals surface area contributed by atoms with E-state index in [1.165, 1.54) is 12.1 Å². The molecule has 0 heterocycles. The van der Waals surface area contributed by atoms with Crippen molar-refractivity contribution < 1.29 is 26.7 Å². The number of anilines is 1. The van der Waals surface area contributed by atoms with E-state index in [2.05, 4.69) is 5.32 Å². The lowest BCUT2D eigenvalue weighted by Gasteiger charge is -2.25. The summed E-state index contributed by atoms with van der Waals surface area (Å²) in [6.07, 6.45) is 0. The molecular formula is C11H14F3NO3S. The first kappa shape index (κ1) is 15.8. The van der Waals surface area contributed by atoms with Gasteiger partial charge in [0.2, 0.25) is 0 Å². The molecule has 19 heavy (non-hydrogen) atoms. The largest absolute Gasteiger partial charge is 0.501 e. The summed E-state index contributed by atoms with van der Waals surface area (Å²) in [5, 5.41) is 11.9. The number of hydrogen-bond acceptors (Lipinski definition) is 4. The first-order valence-corrected chi connectivity index (χ1v) is 6.78. The van der Waals surface area contributed by atoms with Crippen molar-refractivity contribution >= 4 is 15.5 Å². The number of alkyl halides is 3. The van der Waals surface area contributed by atoms with Crippen molar-refractivity contribution in [3.63, 3.8) is 0 Å². The molecule has 0 radical (unpaired) electrons. The normalized spacial score (nSPS) is 13.4. The number of halogens is 3. The van der Waals surface area contributed by atoms with Crippen LogP contribution in [0.5, 0.6) is 0 Å². The average molecular weight is 297 g/mol. The van der Waals surface area contributed by atoms with Crippen LogP contribution in [-0.2, 0) is 9.84 Å². The minimum atomic E-state index is -5.32. The Labute approximate surface area is 109 Å². The molecule has 0 bridgehead atoms. The van der Waals surface area contributed by atoms with Crippen LogP contribution < -0.4 is 5.32 Å². The lowest BCUT2D eigenvalue weighted by Crippen LogP contribution is -2.34. The van der Waals surface area contributed by atoms with Crippen molar-refractivity contribution in [2.45, 2.75) is 29.8 Å². The fourth-order valence-electron chi connectivity index (χ4n) is 1.28. The van der Waals surface area contributed by atoms with E-state index >= 15 is 0 Å². The van der Waals surface area contributed by atoms with Crippen molar-refractivity contribution in [3.05, 3.63) is 24.3 Å². The molecule has 1 rings (SSSR count). The van der Waals surface area contributed by atoms with Gasteiger partial charge in [-0.25, -0.2) is 8.42 Å². The summed E-state index contributed by atoms with van der Waals surface area (Å²) in [5.41, 5.74) is -5.56. The van der Waals surface area contributed by atoms with Gasteiger partial charge in [0.05, 0.1) is 17.0 Å². The molecule has 0 fully saturated rings. The third-order valence-electron chi connectivity index (χ3n) is 2.35. The fourth-order valence-corrected chi connectivity index (χ4v) is 2.04. The molecule has 0 saturated heterocycles. The second-order valence-corrected chi connectivity index (χ2v) is 6.58. The maximum absolute atomic E-state index is 12.3. The number of aliphatic hydroxyl groups excluding tert-OH is 1. The molecule has 4 nitrogen and oxygen atoms in total. The molecule has 0 aliphatic carbocycles. The second kappa shape index (κ2) is 5.01. The van der Waals surface area contributed by atoms with Gasteiger partial charge in [-0.05, 0) is 38.1 Å². The van der Waals surface area contributed by atoms with Gasteiger partial charge >= 0.3 is 5.51 Å². The first-order valence-electron chi connectivity index (χ1n) is 5.30. The molecule has 0 amide bonds. The highest BCUT2D eigenvalue weighted by Gasteiger charge is 2.46. The van der Waals surface area contributed by atoms with Gasteiger partial charge in [-0.3, -0.25) is 0 Å². The predicted molar refractivity (Wildman–Crippen MR) is 64.5 cm³/mol. The number of aliphatic hydroxyl groups is 1. The first-order chi connectivity index (χ1) is 8.49. The third-order valence-corrected chi connectivity index (χ3v) is 3.85. The van der Waals surface area contributed by atoms with E-state index < -0.39 is 25.8 Å². The Hall–Kier alpha value is -1.28. The van der Waals surface area contributed by atoms with Gasteiger partial charge in [-0.15, -0.1) is 0 Å². The van der Waals surface area contributed by atoms with E-state index in [-0.39, 0.29) is 6.61 Å². The Morgan fingerprint density at radius 1 is 1.16 bits per heavy atom. The van der Waals surface area contributed by atoms with Crippen LogP contribution in [0, 0.1) is 0 Å². The summed E-state index contributed by atoms with van der Waals surface area (Å²) in [6.45, 7) is 3.19. The highest BCUT2D eigenvalue weighted by atomic mass is 32.2. The van der Waals surface area contributed by atoms with Gasteiger partial charge in [0.15, 0.2) is 0 Å². The monoisotopic (exact) mass is 297 g/mol. The molecule has 0 spiro atoms. The van der Waals surface area contributed by atoms with Gasteiger partial charge in [0.25, 0.3) is 9.84 Å². The van der Waals surface area contributed by atoms with Gasteiger partial charge in [-0.1, -0.05) is 0 Å². The zero-order chi connectivity index (χ0) is 14.9. The third kappa shape index (κ3) is 3.60. The minimum Gasteiger partial charge on any atom is -0.394 e. The molecule has 108 valence electrons. The molecular weight excluding hydrogens is 283 g/mol. The number of rotatable bonds is 4. The number of sulfone groups is 1. The molecule has 0 aromatic heterocycles. The van der Waals surface area contributed by atoms with E-state index in [9.17, 15) is 21.6 Å².